The van der Waals surface area contributed by atoms with E-state index >= 15 is 0 Å². The third kappa shape index (κ3) is 4.00. The lowest BCUT2D eigenvalue weighted by atomic mass is 9.95. The van der Waals surface area contributed by atoms with Gasteiger partial charge in [0.25, 0.3) is 0 Å². The number of hydrogen-bond donors (Lipinski definition) is 1. The molecule has 1 aliphatic carbocycles. The van der Waals surface area contributed by atoms with Crippen LogP contribution in [0, 0.1) is 0 Å². The summed E-state index contributed by atoms with van der Waals surface area (Å²) in [6.45, 7) is -0.260. The van der Waals surface area contributed by atoms with E-state index in [9.17, 15) is 18.0 Å². The maximum atomic E-state index is 13.4. The second-order valence-corrected chi connectivity index (χ2v) is 8.78. The first-order chi connectivity index (χ1) is 15.4. The van der Waals surface area contributed by atoms with Gasteiger partial charge in [0, 0.05) is 22.5 Å². The van der Waals surface area contributed by atoms with Crippen molar-refractivity contribution in [1.82, 2.24) is 14.8 Å². The van der Waals surface area contributed by atoms with Gasteiger partial charge in [0.2, 0.25) is 5.91 Å². The van der Waals surface area contributed by atoms with Crippen molar-refractivity contribution < 1.29 is 18.0 Å². The predicted octanol–water partition coefficient (Wildman–Crippen LogP) is 5.70. The molecule has 9 heteroatoms. The van der Waals surface area contributed by atoms with Crippen molar-refractivity contribution in [1.29, 1.82) is 0 Å². The topological polar surface area (TPSA) is 59.8 Å². The Hall–Kier alpha value is -3.20. The molecule has 2 heterocycles. The van der Waals surface area contributed by atoms with E-state index in [1.807, 2.05) is 42.5 Å². The summed E-state index contributed by atoms with van der Waals surface area (Å²) < 4.78 is 42.4. The van der Waals surface area contributed by atoms with E-state index in [0.717, 1.165) is 27.2 Å². The van der Waals surface area contributed by atoms with Gasteiger partial charge in [-0.25, -0.2) is 4.98 Å². The number of nitrogens with one attached hydrogen (secondary N) is 1. The first kappa shape index (κ1) is 20.7. The number of para-hydroxylation sites is 1. The molecule has 0 radical (unpaired) electrons. The smallest absolute Gasteiger partial charge is 0.324 e. The van der Waals surface area contributed by atoms with Crippen molar-refractivity contribution >= 4 is 33.1 Å². The van der Waals surface area contributed by atoms with Gasteiger partial charge < -0.3 is 5.32 Å². The zero-order chi connectivity index (χ0) is 22.3. The van der Waals surface area contributed by atoms with E-state index in [1.165, 1.54) is 4.68 Å². The normalized spacial score (nSPS) is 13.8. The van der Waals surface area contributed by atoms with Gasteiger partial charge in [-0.1, -0.05) is 24.3 Å². The Labute approximate surface area is 185 Å². The lowest BCUT2D eigenvalue weighted by Gasteiger charge is -2.14. The van der Waals surface area contributed by atoms with E-state index in [4.69, 9.17) is 0 Å². The maximum Gasteiger partial charge on any atom is 0.435 e. The maximum absolute atomic E-state index is 13.4. The highest BCUT2D eigenvalue weighted by molar-refractivity contribution is 7.21. The summed E-state index contributed by atoms with van der Waals surface area (Å²) in [6, 6.07) is 15.1. The quantitative estimate of drug-likeness (QED) is 0.429. The molecule has 0 saturated carbocycles. The molecule has 1 aliphatic rings. The van der Waals surface area contributed by atoms with Crippen LogP contribution in [0.15, 0.2) is 48.5 Å². The molecule has 0 bridgehead atoms. The number of halogens is 3. The molecular weight excluding hydrogens is 437 g/mol. The number of carbonyl (C=O) groups excluding carboxylic acids is 1. The average Bonchev–Trinajstić information content (AvgIpc) is 3.36. The number of anilines is 1. The van der Waals surface area contributed by atoms with Crippen LogP contribution >= 0.6 is 11.3 Å². The molecule has 1 amide bonds. The van der Waals surface area contributed by atoms with Gasteiger partial charge in [0.15, 0.2) is 5.69 Å². The molecule has 5 rings (SSSR count). The summed E-state index contributed by atoms with van der Waals surface area (Å²) in [5.41, 5.74) is 2.21. The van der Waals surface area contributed by atoms with Gasteiger partial charge in [-0.05, 0) is 49.9 Å². The molecule has 5 nitrogen and oxygen atoms in total. The summed E-state index contributed by atoms with van der Waals surface area (Å²) in [5.74, 6) is -0.420. The van der Waals surface area contributed by atoms with Crippen LogP contribution in [0.2, 0.25) is 0 Å². The molecule has 0 aliphatic heterocycles. The molecule has 0 spiro atoms. The lowest BCUT2D eigenvalue weighted by Crippen LogP contribution is -2.21. The number of alkyl halides is 3. The fraction of sp³-hybridized carbons (Fsp3) is 0.261. The number of amides is 1. The largest absolute Gasteiger partial charge is 0.435 e. The second-order valence-electron chi connectivity index (χ2n) is 7.75. The standard InChI is InChI=1S/C23H19F3N4OS/c24-23(25,26)21-16-8-1-3-10-18(16)30(29-21)13-20(31)27-15-7-5-6-14(12-15)22-28-17-9-2-4-11-19(17)32-22/h2,4-7,9,11-12H,1,3,8,10,13H2,(H,27,31). The summed E-state index contributed by atoms with van der Waals surface area (Å²) in [4.78, 5) is 17.3. The van der Waals surface area contributed by atoms with Gasteiger partial charge in [-0.15, -0.1) is 11.3 Å². The average molecular weight is 456 g/mol. The minimum atomic E-state index is -4.52. The van der Waals surface area contributed by atoms with Crippen molar-refractivity contribution in [2.75, 3.05) is 5.32 Å². The lowest BCUT2D eigenvalue weighted by molar-refractivity contribution is -0.142. The SMILES string of the molecule is O=C(Cn1nc(C(F)(F)F)c2c1CCCC2)Nc1cccc(-c2nc3ccccc3s2)c1. The second kappa shape index (κ2) is 8.05. The minimum absolute atomic E-state index is 0.231. The van der Waals surface area contributed by atoms with Crippen LogP contribution in [0.4, 0.5) is 18.9 Å². The van der Waals surface area contributed by atoms with Gasteiger partial charge >= 0.3 is 6.18 Å². The number of aromatic nitrogens is 3. The van der Waals surface area contributed by atoms with Gasteiger partial charge in [0.1, 0.15) is 11.6 Å². The van der Waals surface area contributed by atoms with Crippen molar-refractivity contribution in [2.24, 2.45) is 0 Å². The molecular formula is C23H19F3N4OS. The van der Waals surface area contributed by atoms with Crippen molar-refractivity contribution in [3.8, 4) is 10.6 Å². The van der Waals surface area contributed by atoms with Crippen LogP contribution in [-0.4, -0.2) is 20.7 Å². The van der Waals surface area contributed by atoms with Crippen LogP contribution in [0.3, 0.4) is 0 Å². The summed E-state index contributed by atoms with van der Waals surface area (Å²) >= 11 is 1.56. The van der Waals surface area contributed by atoms with E-state index in [0.29, 0.717) is 30.6 Å². The molecule has 4 aromatic rings. The van der Waals surface area contributed by atoms with E-state index in [1.54, 1.807) is 17.4 Å². The number of thiazole rings is 1. The van der Waals surface area contributed by atoms with E-state index < -0.39 is 17.8 Å². The van der Waals surface area contributed by atoms with Gasteiger partial charge in [-0.3, -0.25) is 9.48 Å². The van der Waals surface area contributed by atoms with Crippen LogP contribution in [0.25, 0.3) is 20.8 Å². The highest BCUT2D eigenvalue weighted by atomic mass is 32.1. The fourth-order valence-electron chi connectivity index (χ4n) is 4.09. The monoisotopic (exact) mass is 456 g/mol. The molecule has 2 aromatic carbocycles. The molecule has 164 valence electrons. The van der Waals surface area contributed by atoms with E-state index in [-0.39, 0.29) is 12.1 Å². The fourth-order valence-corrected chi connectivity index (χ4v) is 5.05. The van der Waals surface area contributed by atoms with Crippen LogP contribution < -0.4 is 5.32 Å². The highest BCUT2D eigenvalue weighted by Crippen LogP contribution is 2.36. The third-order valence-electron chi connectivity index (χ3n) is 5.51. The van der Waals surface area contributed by atoms with E-state index in [2.05, 4.69) is 15.4 Å². The number of benzene rings is 2. The molecule has 32 heavy (non-hydrogen) atoms. The van der Waals surface area contributed by atoms with Crippen LogP contribution in [0.1, 0.15) is 29.8 Å². The van der Waals surface area contributed by atoms with Crippen molar-refractivity contribution in [3.05, 3.63) is 65.5 Å². The molecule has 0 saturated heterocycles. The number of rotatable bonds is 4. The van der Waals surface area contributed by atoms with Crippen molar-refractivity contribution in [2.45, 2.75) is 38.4 Å². The van der Waals surface area contributed by atoms with Gasteiger partial charge in [0.05, 0.1) is 10.2 Å². The molecule has 0 fully saturated rings. The number of carbonyl (C=O) groups is 1. The number of fused-ring (bicyclic) bond motifs is 2. The Balaban J connectivity index is 1.36. The molecule has 0 unspecified atom stereocenters. The number of nitrogens with zero attached hydrogens (tertiary/aromatic N) is 3. The molecule has 2 aromatic heterocycles. The third-order valence-corrected chi connectivity index (χ3v) is 6.59. The van der Waals surface area contributed by atoms with Crippen molar-refractivity contribution in [3.63, 3.8) is 0 Å². The Bertz CT molecular complexity index is 1280. The Morgan fingerprint density at radius 3 is 2.72 bits per heavy atom. The Morgan fingerprint density at radius 2 is 1.91 bits per heavy atom. The number of hydrogen-bond acceptors (Lipinski definition) is 4. The minimum Gasteiger partial charge on any atom is -0.324 e. The van der Waals surface area contributed by atoms with Crippen LogP contribution in [-0.2, 0) is 30.4 Å². The Morgan fingerprint density at radius 1 is 1.09 bits per heavy atom. The summed E-state index contributed by atoms with van der Waals surface area (Å²) in [7, 11) is 0. The zero-order valence-corrected chi connectivity index (χ0v) is 17.8. The first-order valence-electron chi connectivity index (χ1n) is 10.3. The molecule has 1 N–H and O–H groups in total. The predicted molar refractivity (Wildman–Crippen MR) is 118 cm³/mol. The summed E-state index contributed by atoms with van der Waals surface area (Å²) in [6.07, 6.45) is -2.18. The van der Waals surface area contributed by atoms with Crippen LogP contribution in [0.5, 0.6) is 0 Å². The Kier molecular flexibility index (Phi) is 5.21. The zero-order valence-electron chi connectivity index (χ0n) is 16.9. The first-order valence-corrected chi connectivity index (χ1v) is 11.1. The molecule has 0 atom stereocenters. The summed E-state index contributed by atoms with van der Waals surface area (Å²) in [5, 5.41) is 7.37. The highest BCUT2D eigenvalue weighted by Gasteiger charge is 2.39. The van der Waals surface area contributed by atoms with Gasteiger partial charge in [-0.2, -0.15) is 18.3 Å².